The molecule has 0 heterocycles. The Balaban J connectivity index is 5.69. The van der Waals surface area contributed by atoms with Gasteiger partial charge in [0.15, 0.2) is 0 Å². The number of carboxylic acids is 2. The summed E-state index contributed by atoms with van der Waals surface area (Å²) in [5.41, 5.74) is -1.84. The van der Waals surface area contributed by atoms with Crippen molar-refractivity contribution in [2.75, 3.05) is 0 Å². The first-order valence-electron chi connectivity index (χ1n) is 6.00. The van der Waals surface area contributed by atoms with Gasteiger partial charge in [0.25, 0.3) is 5.78 Å². The summed E-state index contributed by atoms with van der Waals surface area (Å²) in [6, 6.07) is 0. The second kappa shape index (κ2) is 6.93. The maximum Gasteiger partial charge on any atom is 0.373 e. The molecule has 0 radical (unpaired) electrons. The average Bonchev–Trinajstić information content (AvgIpc) is 2.33. The number of carbonyl (C=O) groups excluding carboxylic acids is 1. The van der Waals surface area contributed by atoms with Gasteiger partial charge in [0.2, 0.25) is 0 Å². The van der Waals surface area contributed by atoms with Gasteiger partial charge in [-0.05, 0) is 18.8 Å². The SMILES string of the molecule is C=CCCC(C(=O)O)(C(=O)C(=O)O)C(CC)CC. The second-order valence-corrected chi connectivity index (χ2v) is 4.25. The highest BCUT2D eigenvalue weighted by molar-refractivity contribution is 6.39. The Bertz CT molecular complexity index is 343. The van der Waals surface area contributed by atoms with E-state index in [0.29, 0.717) is 19.3 Å². The molecule has 0 spiro atoms. The van der Waals surface area contributed by atoms with Crippen LogP contribution in [-0.2, 0) is 14.4 Å². The smallest absolute Gasteiger partial charge is 0.373 e. The van der Waals surface area contributed by atoms with Crippen molar-refractivity contribution < 1.29 is 24.6 Å². The van der Waals surface area contributed by atoms with Crippen LogP contribution in [0.4, 0.5) is 0 Å². The van der Waals surface area contributed by atoms with Gasteiger partial charge in [-0.2, -0.15) is 0 Å². The molecular formula is C13H20O5. The summed E-state index contributed by atoms with van der Waals surface area (Å²) >= 11 is 0. The number of allylic oxidation sites excluding steroid dienone is 1. The summed E-state index contributed by atoms with van der Waals surface area (Å²) in [5, 5.41) is 18.3. The van der Waals surface area contributed by atoms with Gasteiger partial charge in [-0.15, -0.1) is 6.58 Å². The predicted octanol–water partition coefficient (Wildman–Crippen LogP) is 2.11. The molecule has 5 heteroatoms. The molecule has 0 aliphatic carbocycles. The average molecular weight is 256 g/mol. The third-order valence-electron chi connectivity index (χ3n) is 3.41. The Kier molecular flexibility index (Phi) is 6.30. The number of aliphatic carboxylic acids is 2. The van der Waals surface area contributed by atoms with E-state index in [1.807, 2.05) is 0 Å². The summed E-state index contributed by atoms with van der Waals surface area (Å²) in [5.74, 6) is -4.76. The lowest BCUT2D eigenvalue weighted by atomic mass is 9.67. The standard InChI is InChI=1S/C13H20O5/c1-4-7-8-13(12(17)18,9(5-2)6-3)10(14)11(15)16/h4,9H,1,5-8H2,2-3H3,(H,15,16)(H,17,18). The summed E-state index contributed by atoms with van der Waals surface area (Å²) in [7, 11) is 0. The van der Waals surface area contributed by atoms with E-state index >= 15 is 0 Å². The van der Waals surface area contributed by atoms with E-state index in [1.165, 1.54) is 6.08 Å². The van der Waals surface area contributed by atoms with Gasteiger partial charge in [0, 0.05) is 0 Å². The first-order valence-corrected chi connectivity index (χ1v) is 6.00. The van der Waals surface area contributed by atoms with E-state index in [2.05, 4.69) is 6.58 Å². The molecule has 5 nitrogen and oxygen atoms in total. The highest BCUT2D eigenvalue weighted by Gasteiger charge is 2.52. The molecule has 102 valence electrons. The maximum atomic E-state index is 11.9. The first-order chi connectivity index (χ1) is 8.38. The highest BCUT2D eigenvalue weighted by Crippen LogP contribution is 2.39. The minimum absolute atomic E-state index is 0.0245. The summed E-state index contributed by atoms with van der Waals surface area (Å²) in [6.45, 7) is 7.00. The Morgan fingerprint density at radius 3 is 2.00 bits per heavy atom. The van der Waals surface area contributed by atoms with Crippen LogP contribution in [0.1, 0.15) is 39.5 Å². The van der Waals surface area contributed by atoms with Crippen LogP contribution in [0.3, 0.4) is 0 Å². The molecule has 0 saturated carbocycles. The van der Waals surface area contributed by atoms with Crippen molar-refractivity contribution in [1.82, 2.24) is 0 Å². The Morgan fingerprint density at radius 2 is 1.72 bits per heavy atom. The Morgan fingerprint density at radius 1 is 1.22 bits per heavy atom. The largest absolute Gasteiger partial charge is 0.480 e. The van der Waals surface area contributed by atoms with Gasteiger partial charge in [-0.25, -0.2) is 4.79 Å². The number of Topliss-reactive ketones (excluding diaryl/α,β-unsaturated/α-hetero) is 1. The molecule has 0 aliphatic rings. The zero-order valence-corrected chi connectivity index (χ0v) is 10.8. The summed E-state index contributed by atoms with van der Waals surface area (Å²) in [6.07, 6.45) is 2.65. The molecule has 0 rings (SSSR count). The second-order valence-electron chi connectivity index (χ2n) is 4.25. The van der Waals surface area contributed by atoms with Crippen molar-refractivity contribution in [2.24, 2.45) is 11.3 Å². The van der Waals surface area contributed by atoms with E-state index < -0.39 is 29.1 Å². The lowest BCUT2D eigenvalue weighted by Crippen LogP contribution is -2.48. The van der Waals surface area contributed by atoms with Crippen LogP contribution in [0.25, 0.3) is 0 Å². The van der Waals surface area contributed by atoms with Gasteiger partial charge in [-0.1, -0.05) is 32.8 Å². The minimum atomic E-state index is -1.84. The molecule has 0 saturated heterocycles. The molecule has 1 atom stereocenters. The maximum absolute atomic E-state index is 11.9. The lowest BCUT2D eigenvalue weighted by molar-refractivity contribution is -0.168. The lowest BCUT2D eigenvalue weighted by Gasteiger charge is -2.33. The molecule has 0 aromatic rings. The quantitative estimate of drug-likeness (QED) is 0.374. The van der Waals surface area contributed by atoms with Crippen molar-refractivity contribution in [3.05, 3.63) is 12.7 Å². The van der Waals surface area contributed by atoms with E-state index in [1.54, 1.807) is 13.8 Å². The molecule has 1 unspecified atom stereocenters. The van der Waals surface area contributed by atoms with E-state index in [4.69, 9.17) is 5.11 Å². The fourth-order valence-electron chi connectivity index (χ4n) is 2.39. The number of hydrogen-bond acceptors (Lipinski definition) is 3. The van der Waals surface area contributed by atoms with Crippen LogP contribution >= 0.6 is 0 Å². The summed E-state index contributed by atoms with van der Waals surface area (Å²) in [4.78, 5) is 34.3. The molecule has 0 amide bonds. The summed E-state index contributed by atoms with van der Waals surface area (Å²) < 4.78 is 0. The molecular weight excluding hydrogens is 236 g/mol. The number of hydrogen-bond donors (Lipinski definition) is 2. The molecule has 0 aromatic carbocycles. The highest BCUT2D eigenvalue weighted by atomic mass is 16.4. The Labute approximate surface area is 107 Å². The van der Waals surface area contributed by atoms with Gasteiger partial charge in [0.05, 0.1) is 0 Å². The van der Waals surface area contributed by atoms with Crippen LogP contribution in [-0.4, -0.2) is 27.9 Å². The minimum Gasteiger partial charge on any atom is -0.480 e. The zero-order chi connectivity index (χ0) is 14.3. The van der Waals surface area contributed by atoms with Crippen LogP contribution in [0, 0.1) is 11.3 Å². The van der Waals surface area contributed by atoms with Crippen LogP contribution < -0.4 is 0 Å². The molecule has 0 fully saturated rings. The number of carboxylic acid groups (broad SMARTS) is 2. The monoisotopic (exact) mass is 256 g/mol. The van der Waals surface area contributed by atoms with Crippen LogP contribution in [0.15, 0.2) is 12.7 Å². The normalized spacial score (nSPS) is 13.9. The number of ketones is 1. The predicted molar refractivity (Wildman–Crippen MR) is 66.2 cm³/mol. The third-order valence-corrected chi connectivity index (χ3v) is 3.41. The topological polar surface area (TPSA) is 91.7 Å². The van der Waals surface area contributed by atoms with Gasteiger partial charge >= 0.3 is 11.9 Å². The fraction of sp³-hybridized carbons (Fsp3) is 0.615. The van der Waals surface area contributed by atoms with E-state index in [9.17, 15) is 19.5 Å². The van der Waals surface area contributed by atoms with Crippen molar-refractivity contribution in [2.45, 2.75) is 39.5 Å². The fourth-order valence-corrected chi connectivity index (χ4v) is 2.39. The Hall–Kier alpha value is -1.65. The first kappa shape index (κ1) is 16.4. The van der Waals surface area contributed by atoms with Gasteiger partial charge in [0.1, 0.15) is 5.41 Å². The molecule has 0 bridgehead atoms. The van der Waals surface area contributed by atoms with Crippen molar-refractivity contribution in [3.63, 3.8) is 0 Å². The molecule has 0 aromatic heterocycles. The number of rotatable bonds is 9. The third kappa shape index (κ3) is 2.97. The number of carbonyl (C=O) groups is 3. The van der Waals surface area contributed by atoms with E-state index in [0.717, 1.165) is 0 Å². The van der Waals surface area contributed by atoms with Crippen LogP contribution in [0.2, 0.25) is 0 Å². The van der Waals surface area contributed by atoms with Crippen molar-refractivity contribution in [1.29, 1.82) is 0 Å². The van der Waals surface area contributed by atoms with Crippen molar-refractivity contribution in [3.8, 4) is 0 Å². The van der Waals surface area contributed by atoms with Gasteiger partial charge < -0.3 is 10.2 Å². The van der Waals surface area contributed by atoms with Gasteiger partial charge in [-0.3, -0.25) is 9.59 Å². The van der Waals surface area contributed by atoms with Crippen LogP contribution in [0.5, 0.6) is 0 Å². The molecule has 18 heavy (non-hydrogen) atoms. The molecule has 0 aliphatic heterocycles. The zero-order valence-electron chi connectivity index (χ0n) is 10.8. The van der Waals surface area contributed by atoms with Crippen molar-refractivity contribution >= 4 is 17.7 Å². The molecule has 2 N–H and O–H groups in total. The van der Waals surface area contributed by atoms with E-state index in [-0.39, 0.29) is 6.42 Å².